The second-order valence-electron chi connectivity index (χ2n) is 7.69. The highest BCUT2D eigenvalue weighted by molar-refractivity contribution is 14.1. The SMILES string of the molecule is CCC1=C(C(=O)OC)[C@H](c2ccccc2)n2c(s/c(=C\c3cc(Br)c(OCC(=O)O)c(I)c3)c2=O)=N1. The topological polar surface area (TPSA) is 107 Å². The van der Waals surface area contributed by atoms with Crippen molar-refractivity contribution in [3.8, 4) is 5.75 Å². The van der Waals surface area contributed by atoms with Gasteiger partial charge in [0.05, 0.1) is 37.0 Å². The lowest BCUT2D eigenvalue weighted by Crippen LogP contribution is -2.40. The minimum absolute atomic E-state index is 0.276. The number of thiazole rings is 1. The van der Waals surface area contributed by atoms with Gasteiger partial charge in [-0.25, -0.2) is 14.6 Å². The first-order valence-corrected chi connectivity index (χ1v) is 13.5. The summed E-state index contributed by atoms with van der Waals surface area (Å²) in [5.74, 6) is -1.18. The Morgan fingerprint density at radius 1 is 1.28 bits per heavy atom. The van der Waals surface area contributed by atoms with E-state index in [0.29, 0.717) is 40.8 Å². The zero-order valence-corrected chi connectivity index (χ0v) is 23.7. The number of allylic oxidation sites excluding steroid dienone is 1. The molecule has 0 fully saturated rings. The number of rotatable bonds is 7. The van der Waals surface area contributed by atoms with E-state index < -0.39 is 24.6 Å². The number of fused-ring (bicyclic) bond motifs is 1. The number of ether oxygens (including phenoxy) is 2. The third kappa shape index (κ3) is 5.18. The van der Waals surface area contributed by atoms with Crippen molar-refractivity contribution < 1.29 is 24.2 Å². The Morgan fingerprint density at radius 3 is 2.61 bits per heavy atom. The second-order valence-corrected chi connectivity index (χ2v) is 10.7. The Morgan fingerprint density at radius 2 is 2.00 bits per heavy atom. The number of esters is 1. The molecule has 186 valence electrons. The van der Waals surface area contributed by atoms with E-state index >= 15 is 0 Å². The number of carboxylic acid groups (broad SMARTS) is 1. The van der Waals surface area contributed by atoms with Gasteiger partial charge in [-0.2, -0.15) is 0 Å². The summed E-state index contributed by atoms with van der Waals surface area (Å²) in [7, 11) is 1.32. The summed E-state index contributed by atoms with van der Waals surface area (Å²) >= 11 is 6.72. The third-order valence-electron chi connectivity index (χ3n) is 5.42. The lowest BCUT2D eigenvalue weighted by Gasteiger charge is -2.25. The molecule has 1 aromatic heterocycles. The number of nitrogens with zero attached hydrogens (tertiary/aromatic N) is 2. The lowest BCUT2D eigenvalue weighted by atomic mass is 9.95. The molecular formula is C25H20BrIN2O6S. The molecule has 0 bridgehead atoms. The van der Waals surface area contributed by atoms with Crippen LogP contribution in [0.5, 0.6) is 5.75 Å². The summed E-state index contributed by atoms with van der Waals surface area (Å²) in [5, 5.41) is 8.90. The predicted molar refractivity (Wildman–Crippen MR) is 147 cm³/mol. The van der Waals surface area contributed by atoms with Crippen LogP contribution in [0.4, 0.5) is 0 Å². The number of carbonyl (C=O) groups excluding carboxylic acids is 1. The van der Waals surface area contributed by atoms with E-state index in [0.717, 1.165) is 11.1 Å². The van der Waals surface area contributed by atoms with E-state index in [-0.39, 0.29) is 5.56 Å². The maximum atomic E-state index is 13.7. The molecule has 0 saturated heterocycles. The highest BCUT2D eigenvalue weighted by atomic mass is 127. The van der Waals surface area contributed by atoms with Crippen molar-refractivity contribution in [2.75, 3.05) is 13.7 Å². The summed E-state index contributed by atoms with van der Waals surface area (Å²) in [6, 6.07) is 12.2. The molecule has 1 N–H and O–H groups in total. The Balaban J connectivity index is 1.89. The summed E-state index contributed by atoms with van der Waals surface area (Å²) in [4.78, 5) is 42.5. The number of hydrogen-bond acceptors (Lipinski definition) is 7. The number of benzene rings is 2. The van der Waals surface area contributed by atoms with Crippen molar-refractivity contribution in [3.05, 3.63) is 92.6 Å². The van der Waals surface area contributed by atoms with Crippen molar-refractivity contribution >= 4 is 67.9 Å². The largest absolute Gasteiger partial charge is 0.480 e. The van der Waals surface area contributed by atoms with Crippen LogP contribution >= 0.6 is 49.9 Å². The molecule has 3 aromatic rings. The van der Waals surface area contributed by atoms with Gasteiger partial charge in [-0.1, -0.05) is 48.6 Å². The van der Waals surface area contributed by atoms with Gasteiger partial charge in [-0.15, -0.1) is 0 Å². The molecule has 4 rings (SSSR count). The highest BCUT2D eigenvalue weighted by Gasteiger charge is 2.33. The smallest absolute Gasteiger partial charge is 0.341 e. The van der Waals surface area contributed by atoms with Crippen LogP contribution in [0.3, 0.4) is 0 Å². The first-order valence-electron chi connectivity index (χ1n) is 10.8. The monoisotopic (exact) mass is 682 g/mol. The molecule has 0 radical (unpaired) electrons. The van der Waals surface area contributed by atoms with Crippen LogP contribution in [-0.2, 0) is 14.3 Å². The molecule has 0 saturated carbocycles. The molecule has 36 heavy (non-hydrogen) atoms. The Kier molecular flexibility index (Phi) is 8.10. The van der Waals surface area contributed by atoms with Crippen LogP contribution in [0, 0.1) is 3.57 Å². The van der Waals surface area contributed by atoms with Gasteiger partial charge in [0, 0.05) is 0 Å². The Bertz CT molecular complexity index is 1540. The van der Waals surface area contributed by atoms with Gasteiger partial charge in [0.2, 0.25) is 0 Å². The molecule has 8 nitrogen and oxygen atoms in total. The summed E-state index contributed by atoms with van der Waals surface area (Å²) < 4.78 is 13.7. The number of methoxy groups -OCH3 is 1. The van der Waals surface area contributed by atoms with E-state index in [9.17, 15) is 14.4 Å². The van der Waals surface area contributed by atoms with Crippen LogP contribution in [0.25, 0.3) is 6.08 Å². The molecule has 0 unspecified atom stereocenters. The first-order chi connectivity index (χ1) is 17.2. The number of hydrogen-bond donors (Lipinski definition) is 1. The van der Waals surface area contributed by atoms with Crippen LogP contribution < -0.4 is 19.6 Å². The highest BCUT2D eigenvalue weighted by Crippen LogP contribution is 2.33. The fourth-order valence-corrected chi connectivity index (χ4v) is 6.69. The molecule has 1 aliphatic rings. The average Bonchev–Trinajstić information content (AvgIpc) is 3.16. The van der Waals surface area contributed by atoms with E-state index in [4.69, 9.17) is 14.6 Å². The lowest BCUT2D eigenvalue weighted by molar-refractivity contribution is -0.139. The van der Waals surface area contributed by atoms with Crippen molar-refractivity contribution in [3.63, 3.8) is 0 Å². The van der Waals surface area contributed by atoms with Gasteiger partial charge in [0.25, 0.3) is 5.56 Å². The molecule has 1 atom stereocenters. The molecule has 2 heterocycles. The molecule has 0 amide bonds. The normalized spacial score (nSPS) is 15.3. The number of aromatic nitrogens is 1. The Labute approximate surface area is 231 Å². The maximum absolute atomic E-state index is 13.7. The molecule has 11 heteroatoms. The zero-order valence-electron chi connectivity index (χ0n) is 19.2. The van der Waals surface area contributed by atoms with Crippen molar-refractivity contribution in [1.29, 1.82) is 0 Å². The van der Waals surface area contributed by atoms with Gasteiger partial charge < -0.3 is 14.6 Å². The molecule has 1 aliphatic heterocycles. The zero-order chi connectivity index (χ0) is 26.0. The van der Waals surface area contributed by atoms with Gasteiger partial charge >= 0.3 is 11.9 Å². The van der Waals surface area contributed by atoms with Gasteiger partial charge in [-0.3, -0.25) is 9.36 Å². The van der Waals surface area contributed by atoms with Crippen molar-refractivity contribution in [2.24, 2.45) is 4.99 Å². The van der Waals surface area contributed by atoms with E-state index in [1.165, 1.54) is 18.4 Å². The van der Waals surface area contributed by atoms with Crippen LogP contribution in [0.1, 0.15) is 30.5 Å². The van der Waals surface area contributed by atoms with Crippen molar-refractivity contribution in [2.45, 2.75) is 19.4 Å². The maximum Gasteiger partial charge on any atom is 0.341 e. The second kappa shape index (κ2) is 11.1. The number of carboxylic acids is 1. The fraction of sp³-hybridized carbons (Fsp3) is 0.200. The molecular weight excluding hydrogens is 663 g/mol. The van der Waals surface area contributed by atoms with E-state index in [2.05, 4.69) is 43.5 Å². The number of aliphatic carboxylic acids is 1. The van der Waals surface area contributed by atoms with Crippen LogP contribution in [-0.4, -0.2) is 35.3 Å². The van der Waals surface area contributed by atoms with E-state index in [1.807, 2.05) is 37.3 Å². The van der Waals surface area contributed by atoms with Crippen LogP contribution in [0.15, 0.2) is 68.0 Å². The van der Waals surface area contributed by atoms with Gasteiger partial charge in [0.1, 0.15) is 5.75 Å². The van der Waals surface area contributed by atoms with E-state index in [1.54, 1.807) is 22.8 Å². The molecule has 0 aliphatic carbocycles. The van der Waals surface area contributed by atoms with Crippen LogP contribution in [0.2, 0.25) is 0 Å². The molecule has 2 aromatic carbocycles. The summed E-state index contributed by atoms with van der Waals surface area (Å²) in [6.07, 6.45) is 2.25. The van der Waals surface area contributed by atoms with Gasteiger partial charge in [-0.05, 0) is 74.3 Å². The average molecular weight is 683 g/mol. The van der Waals surface area contributed by atoms with Crippen molar-refractivity contribution in [1.82, 2.24) is 4.57 Å². The fourth-order valence-electron chi connectivity index (χ4n) is 3.90. The minimum Gasteiger partial charge on any atom is -0.480 e. The number of carbonyl (C=O) groups is 2. The summed E-state index contributed by atoms with van der Waals surface area (Å²) in [6.45, 7) is 1.44. The first kappa shape index (κ1) is 26.3. The predicted octanol–water partition coefficient (Wildman–Crippen LogP) is 3.63. The molecule has 0 spiro atoms. The Hall–Kier alpha value is -2.77. The minimum atomic E-state index is -1.08. The summed E-state index contributed by atoms with van der Waals surface area (Å²) in [5.41, 5.74) is 2.16. The quantitative estimate of drug-likeness (QED) is 0.302. The van der Waals surface area contributed by atoms with Gasteiger partial charge in [0.15, 0.2) is 11.4 Å². The standard InChI is InChI=1S/C25H20BrIN2O6S/c1-3-17-20(24(33)34-2)21(14-7-5-4-6-8-14)29-23(32)18(36-25(29)28-17)11-13-9-15(26)22(16(27)10-13)35-12-19(30)31/h4-11,21H,3,12H2,1-2H3,(H,30,31)/b18-11-/t21-/m0/s1. The number of halogens is 2. The third-order valence-corrected chi connectivity index (χ3v) is 7.80.